The van der Waals surface area contributed by atoms with Crippen LogP contribution in [0, 0.1) is 0 Å². The van der Waals surface area contributed by atoms with E-state index in [0.717, 1.165) is 0 Å². The number of benzene rings is 3. The molecule has 3 rings (SSSR count). The van der Waals surface area contributed by atoms with E-state index in [-0.39, 0.29) is 0 Å². The molecule has 0 aliphatic carbocycles. The van der Waals surface area contributed by atoms with E-state index in [4.69, 9.17) is 0 Å². The van der Waals surface area contributed by atoms with Crippen LogP contribution in [0.3, 0.4) is 0 Å². The summed E-state index contributed by atoms with van der Waals surface area (Å²) in [4.78, 5) is 0. The van der Waals surface area contributed by atoms with Gasteiger partial charge in [-0.25, -0.2) is 0 Å². The minimum absolute atomic E-state index is 0.493. The minimum atomic E-state index is 0.493. The SMILES string of the molecule is c1ccc([Se]CC(c2ccccc2)c2ccccc2)cc1. The first-order valence-corrected chi connectivity index (χ1v) is 9.28. The van der Waals surface area contributed by atoms with Crippen molar-refractivity contribution in [2.45, 2.75) is 11.2 Å². The van der Waals surface area contributed by atoms with Crippen molar-refractivity contribution in [1.82, 2.24) is 0 Å². The fourth-order valence-corrected chi connectivity index (χ4v) is 4.75. The summed E-state index contributed by atoms with van der Waals surface area (Å²) < 4.78 is 1.47. The van der Waals surface area contributed by atoms with Gasteiger partial charge in [-0.1, -0.05) is 0 Å². The Kier molecular flexibility index (Phi) is 4.89. The summed E-state index contributed by atoms with van der Waals surface area (Å²) in [7, 11) is 0. The third-order valence-electron chi connectivity index (χ3n) is 3.56. The number of rotatable bonds is 5. The van der Waals surface area contributed by atoms with Crippen molar-refractivity contribution in [3.05, 3.63) is 102 Å². The zero-order valence-electron chi connectivity index (χ0n) is 11.9. The Morgan fingerprint density at radius 3 is 1.48 bits per heavy atom. The molecule has 0 aromatic heterocycles. The Morgan fingerprint density at radius 1 is 0.571 bits per heavy atom. The molecule has 0 amide bonds. The van der Waals surface area contributed by atoms with Gasteiger partial charge in [0.25, 0.3) is 0 Å². The van der Waals surface area contributed by atoms with E-state index in [1.165, 1.54) is 20.9 Å². The first-order chi connectivity index (χ1) is 10.4. The Bertz CT molecular complexity index is 608. The van der Waals surface area contributed by atoms with Gasteiger partial charge in [-0.15, -0.1) is 0 Å². The molecule has 0 saturated carbocycles. The molecule has 1 heteroatoms. The van der Waals surface area contributed by atoms with Gasteiger partial charge in [0.15, 0.2) is 0 Å². The van der Waals surface area contributed by atoms with Crippen LogP contribution >= 0.6 is 0 Å². The Morgan fingerprint density at radius 2 is 1.00 bits per heavy atom. The summed E-state index contributed by atoms with van der Waals surface area (Å²) in [5.41, 5.74) is 2.84. The molecule has 0 radical (unpaired) electrons. The summed E-state index contributed by atoms with van der Waals surface area (Å²) in [5, 5.41) is 1.20. The Labute approximate surface area is 133 Å². The average Bonchev–Trinajstić information content (AvgIpc) is 2.58. The van der Waals surface area contributed by atoms with Gasteiger partial charge in [0, 0.05) is 0 Å². The molecule has 0 fully saturated rings. The van der Waals surface area contributed by atoms with Crippen LogP contribution in [0.15, 0.2) is 91.0 Å². The Hall–Kier alpha value is -1.82. The van der Waals surface area contributed by atoms with E-state index in [9.17, 15) is 0 Å². The molecular formula is C20H18Se. The van der Waals surface area contributed by atoms with E-state index in [1.54, 1.807) is 0 Å². The molecule has 0 saturated heterocycles. The summed E-state index contributed by atoms with van der Waals surface area (Å²) >= 11 is 0.498. The molecule has 0 N–H and O–H groups in total. The quantitative estimate of drug-likeness (QED) is 0.610. The monoisotopic (exact) mass is 338 g/mol. The first-order valence-electron chi connectivity index (χ1n) is 7.21. The molecule has 0 unspecified atom stereocenters. The number of hydrogen-bond acceptors (Lipinski definition) is 0. The second kappa shape index (κ2) is 7.26. The third kappa shape index (κ3) is 3.85. The van der Waals surface area contributed by atoms with Crippen molar-refractivity contribution >= 4 is 19.4 Å². The zero-order valence-corrected chi connectivity index (χ0v) is 13.6. The summed E-state index contributed by atoms with van der Waals surface area (Å²) in [5.74, 6) is 0.493. The maximum absolute atomic E-state index is 2.25. The molecular weight excluding hydrogens is 319 g/mol. The molecule has 3 aromatic rings. The zero-order chi connectivity index (χ0) is 14.3. The average molecular weight is 337 g/mol. The molecule has 0 nitrogen and oxygen atoms in total. The van der Waals surface area contributed by atoms with Crippen molar-refractivity contribution < 1.29 is 0 Å². The van der Waals surface area contributed by atoms with Crippen LogP contribution in [0.25, 0.3) is 0 Å². The van der Waals surface area contributed by atoms with Crippen molar-refractivity contribution in [3.63, 3.8) is 0 Å². The second-order valence-corrected chi connectivity index (χ2v) is 7.29. The van der Waals surface area contributed by atoms with Gasteiger partial charge < -0.3 is 0 Å². The summed E-state index contributed by atoms with van der Waals surface area (Å²) in [6.45, 7) is 0. The summed E-state index contributed by atoms with van der Waals surface area (Å²) in [6.07, 6.45) is 0. The van der Waals surface area contributed by atoms with Crippen LogP contribution in [0.4, 0.5) is 0 Å². The molecule has 0 bridgehead atoms. The van der Waals surface area contributed by atoms with Crippen molar-refractivity contribution in [1.29, 1.82) is 0 Å². The third-order valence-corrected chi connectivity index (χ3v) is 5.88. The van der Waals surface area contributed by atoms with E-state index >= 15 is 0 Å². The van der Waals surface area contributed by atoms with E-state index in [0.29, 0.717) is 20.9 Å². The van der Waals surface area contributed by atoms with Gasteiger partial charge >= 0.3 is 133 Å². The fourth-order valence-electron chi connectivity index (χ4n) is 2.45. The van der Waals surface area contributed by atoms with Crippen molar-refractivity contribution in [2.75, 3.05) is 0 Å². The van der Waals surface area contributed by atoms with Gasteiger partial charge in [-0.05, 0) is 0 Å². The predicted molar refractivity (Wildman–Crippen MR) is 91.4 cm³/mol. The molecule has 0 spiro atoms. The molecule has 0 aliphatic heterocycles. The van der Waals surface area contributed by atoms with E-state index < -0.39 is 0 Å². The van der Waals surface area contributed by atoms with Gasteiger partial charge in [-0.2, -0.15) is 0 Å². The first kappa shape index (κ1) is 14.1. The van der Waals surface area contributed by atoms with Crippen molar-refractivity contribution in [3.8, 4) is 0 Å². The number of hydrogen-bond donors (Lipinski definition) is 0. The van der Waals surface area contributed by atoms with Crippen LogP contribution < -0.4 is 4.46 Å². The van der Waals surface area contributed by atoms with Crippen LogP contribution in [0.5, 0.6) is 0 Å². The second-order valence-electron chi connectivity index (χ2n) is 5.00. The summed E-state index contributed by atoms with van der Waals surface area (Å²) in [6, 6.07) is 32.6. The molecule has 104 valence electrons. The molecule has 0 aliphatic rings. The molecule has 21 heavy (non-hydrogen) atoms. The van der Waals surface area contributed by atoms with Crippen LogP contribution in [0.2, 0.25) is 5.32 Å². The normalized spacial score (nSPS) is 10.7. The predicted octanol–water partition coefficient (Wildman–Crippen LogP) is 4.27. The topological polar surface area (TPSA) is 0 Å². The van der Waals surface area contributed by atoms with Gasteiger partial charge in [0.1, 0.15) is 0 Å². The van der Waals surface area contributed by atoms with Gasteiger partial charge in [0.2, 0.25) is 0 Å². The van der Waals surface area contributed by atoms with Gasteiger partial charge in [-0.3, -0.25) is 0 Å². The fraction of sp³-hybridized carbons (Fsp3) is 0.100. The standard InChI is InChI=1S/C20H18Se/c1-4-10-17(11-5-1)20(18-12-6-2-7-13-18)16-21-19-14-8-3-9-15-19/h1-15,20H,16H2. The van der Waals surface area contributed by atoms with Crippen LogP contribution in [-0.2, 0) is 0 Å². The maximum atomic E-state index is 2.25. The Balaban J connectivity index is 1.83. The van der Waals surface area contributed by atoms with Crippen molar-refractivity contribution in [2.24, 2.45) is 0 Å². The van der Waals surface area contributed by atoms with E-state index in [1.807, 2.05) is 0 Å². The van der Waals surface area contributed by atoms with Crippen LogP contribution in [-0.4, -0.2) is 15.0 Å². The van der Waals surface area contributed by atoms with Crippen LogP contribution in [0.1, 0.15) is 17.0 Å². The van der Waals surface area contributed by atoms with E-state index in [2.05, 4.69) is 91.0 Å². The van der Waals surface area contributed by atoms with Gasteiger partial charge in [0.05, 0.1) is 0 Å². The molecule has 3 aromatic carbocycles. The molecule has 0 heterocycles. The molecule has 0 atom stereocenters.